The van der Waals surface area contributed by atoms with E-state index in [0.717, 1.165) is 0 Å². The molecule has 0 aliphatic heterocycles. The van der Waals surface area contributed by atoms with Crippen LogP contribution in [0.15, 0.2) is 29.2 Å². The molecule has 0 fully saturated rings. The molecule has 4 heteroatoms. The summed E-state index contributed by atoms with van der Waals surface area (Å²) in [6.07, 6.45) is 1.66. The predicted molar refractivity (Wildman–Crippen MR) is 44.4 cm³/mol. The first-order valence-electron chi connectivity index (χ1n) is 3.42. The van der Waals surface area contributed by atoms with Gasteiger partial charge in [-0.25, -0.2) is 4.79 Å². The third-order valence-corrected chi connectivity index (χ3v) is 1.24. The lowest BCUT2D eigenvalue weighted by atomic mass is 10.4. The molecule has 64 valence electrons. The lowest BCUT2D eigenvalue weighted by molar-refractivity contribution is 0.0663. The lowest BCUT2D eigenvalue weighted by Gasteiger charge is -1.95. The lowest BCUT2D eigenvalue weighted by Crippen LogP contribution is -1.96. The predicted octanol–water partition coefficient (Wildman–Crippen LogP) is 1.58. The van der Waals surface area contributed by atoms with Crippen LogP contribution < -0.4 is 5.32 Å². The summed E-state index contributed by atoms with van der Waals surface area (Å²) in [7, 11) is 0. The van der Waals surface area contributed by atoms with E-state index in [-0.39, 0.29) is 5.76 Å². The molecule has 1 aromatic heterocycles. The van der Waals surface area contributed by atoms with Crippen molar-refractivity contribution in [2.45, 2.75) is 0 Å². The van der Waals surface area contributed by atoms with Crippen LogP contribution in [0.3, 0.4) is 0 Å². The van der Waals surface area contributed by atoms with Crippen molar-refractivity contribution in [3.05, 3.63) is 30.5 Å². The zero-order valence-electron chi connectivity index (χ0n) is 6.41. The molecule has 0 amide bonds. The van der Waals surface area contributed by atoms with Gasteiger partial charge < -0.3 is 14.8 Å². The highest BCUT2D eigenvalue weighted by Gasteiger charge is 2.07. The first-order chi connectivity index (χ1) is 5.74. The number of aromatic carboxylic acids is 1. The molecular formula is C8H9NO3. The first-order valence-corrected chi connectivity index (χ1v) is 3.42. The van der Waals surface area contributed by atoms with Crippen molar-refractivity contribution in [2.75, 3.05) is 11.9 Å². The van der Waals surface area contributed by atoms with Crippen LogP contribution in [0.5, 0.6) is 0 Å². The first kappa shape index (κ1) is 8.39. The van der Waals surface area contributed by atoms with Crippen LogP contribution in [-0.2, 0) is 0 Å². The molecule has 4 nitrogen and oxygen atoms in total. The molecule has 0 spiro atoms. The Morgan fingerprint density at radius 3 is 3.00 bits per heavy atom. The van der Waals surface area contributed by atoms with Crippen molar-refractivity contribution >= 4 is 11.9 Å². The highest BCUT2D eigenvalue weighted by Crippen LogP contribution is 2.12. The number of hydrogen-bond acceptors (Lipinski definition) is 3. The Morgan fingerprint density at radius 1 is 1.75 bits per heavy atom. The van der Waals surface area contributed by atoms with E-state index in [1.54, 1.807) is 12.1 Å². The molecule has 0 saturated heterocycles. The van der Waals surface area contributed by atoms with Gasteiger partial charge in [-0.15, -0.1) is 6.58 Å². The van der Waals surface area contributed by atoms with Crippen molar-refractivity contribution in [1.29, 1.82) is 0 Å². The van der Waals surface area contributed by atoms with E-state index >= 15 is 0 Å². The largest absolute Gasteiger partial charge is 0.475 e. The molecule has 0 aliphatic rings. The summed E-state index contributed by atoms with van der Waals surface area (Å²) in [6.45, 7) is 4.05. The van der Waals surface area contributed by atoms with E-state index in [4.69, 9.17) is 9.52 Å². The number of carboxylic acids is 1. The molecule has 1 rings (SSSR count). The molecule has 0 atom stereocenters. The van der Waals surface area contributed by atoms with Gasteiger partial charge >= 0.3 is 5.97 Å². The monoisotopic (exact) mass is 167 g/mol. The van der Waals surface area contributed by atoms with Crippen LogP contribution in [0.4, 0.5) is 5.88 Å². The van der Waals surface area contributed by atoms with E-state index in [9.17, 15) is 4.79 Å². The van der Waals surface area contributed by atoms with Gasteiger partial charge in [0.25, 0.3) is 0 Å². The van der Waals surface area contributed by atoms with Crippen molar-refractivity contribution in [3.63, 3.8) is 0 Å². The van der Waals surface area contributed by atoms with Crippen LogP contribution in [0, 0.1) is 0 Å². The van der Waals surface area contributed by atoms with Crippen molar-refractivity contribution in [3.8, 4) is 0 Å². The van der Waals surface area contributed by atoms with Gasteiger partial charge in [0.2, 0.25) is 5.76 Å². The van der Waals surface area contributed by atoms with E-state index in [1.165, 1.54) is 6.07 Å². The summed E-state index contributed by atoms with van der Waals surface area (Å²) < 4.78 is 4.89. The van der Waals surface area contributed by atoms with Crippen LogP contribution in [0.2, 0.25) is 0 Å². The second kappa shape index (κ2) is 3.61. The van der Waals surface area contributed by atoms with Gasteiger partial charge in [-0.05, 0) is 6.07 Å². The number of nitrogens with one attached hydrogen (secondary N) is 1. The third kappa shape index (κ3) is 1.88. The molecule has 0 radical (unpaired) electrons. The minimum Gasteiger partial charge on any atom is -0.475 e. The fourth-order valence-electron chi connectivity index (χ4n) is 0.721. The summed E-state index contributed by atoms with van der Waals surface area (Å²) in [5.41, 5.74) is 0. The Balaban J connectivity index is 2.64. The third-order valence-electron chi connectivity index (χ3n) is 1.24. The van der Waals surface area contributed by atoms with Crippen LogP contribution in [0.25, 0.3) is 0 Å². The maximum absolute atomic E-state index is 10.3. The second-order valence-electron chi connectivity index (χ2n) is 2.14. The minimum atomic E-state index is -1.07. The van der Waals surface area contributed by atoms with Crippen LogP contribution in [-0.4, -0.2) is 17.6 Å². The number of carbonyl (C=O) groups is 1. The van der Waals surface area contributed by atoms with Gasteiger partial charge in [0.05, 0.1) is 0 Å². The zero-order chi connectivity index (χ0) is 8.97. The molecule has 12 heavy (non-hydrogen) atoms. The van der Waals surface area contributed by atoms with E-state index < -0.39 is 5.97 Å². The summed E-state index contributed by atoms with van der Waals surface area (Å²) in [5.74, 6) is -0.699. The summed E-state index contributed by atoms with van der Waals surface area (Å²) >= 11 is 0. The SMILES string of the molecule is C=CCNc1ccc(C(=O)O)o1. The molecule has 0 unspecified atom stereocenters. The van der Waals surface area contributed by atoms with E-state index in [1.807, 2.05) is 0 Å². The maximum Gasteiger partial charge on any atom is 0.371 e. The smallest absolute Gasteiger partial charge is 0.371 e. The maximum atomic E-state index is 10.3. The van der Waals surface area contributed by atoms with Gasteiger partial charge in [-0.3, -0.25) is 0 Å². The van der Waals surface area contributed by atoms with Crippen molar-refractivity contribution < 1.29 is 14.3 Å². The molecule has 0 aliphatic carbocycles. The average Bonchev–Trinajstić information content (AvgIpc) is 2.48. The topological polar surface area (TPSA) is 62.5 Å². The molecule has 2 N–H and O–H groups in total. The highest BCUT2D eigenvalue weighted by atomic mass is 16.4. The molecule has 0 aromatic carbocycles. The molecule has 0 saturated carbocycles. The molecular weight excluding hydrogens is 158 g/mol. The standard InChI is InChI=1S/C8H9NO3/c1-2-5-9-7-4-3-6(12-7)8(10)11/h2-4,9H,1,5H2,(H,10,11). The zero-order valence-corrected chi connectivity index (χ0v) is 6.41. The Hall–Kier alpha value is -1.71. The quantitative estimate of drug-likeness (QED) is 0.668. The Morgan fingerprint density at radius 2 is 2.50 bits per heavy atom. The number of rotatable bonds is 4. The second-order valence-corrected chi connectivity index (χ2v) is 2.14. The minimum absolute atomic E-state index is 0.0680. The van der Waals surface area contributed by atoms with Crippen LogP contribution >= 0.6 is 0 Å². The number of hydrogen-bond donors (Lipinski definition) is 2. The van der Waals surface area contributed by atoms with E-state index in [0.29, 0.717) is 12.4 Å². The van der Waals surface area contributed by atoms with E-state index in [2.05, 4.69) is 11.9 Å². The van der Waals surface area contributed by atoms with Gasteiger partial charge in [0.15, 0.2) is 5.88 Å². The Labute approximate surface area is 69.5 Å². The fourth-order valence-corrected chi connectivity index (χ4v) is 0.721. The van der Waals surface area contributed by atoms with Gasteiger partial charge in [0.1, 0.15) is 0 Å². The normalized spacial score (nSPS) is 9.33. The Bertz CT molecular complexity index is 290. The number of carboxylic acid groups (broad SMARTS) is 1. The van der Waals surface area contributed by atoms with Crippen molar-refractivity contribution in [2.24, 2.45) is 0 Å². The summed E-state index contributed by atoms with van der Waals surface area (Å²) in [5, 5.41) is 11.3. The van der Waals surface area contributed by atoms with Gasteiger partial charge in [0, 0.05) is 12.6 Å². The molecule has 1 heterocycles. The van der Waals surface area contributed by atoms with Gasteiger partial charge in [-0.2, -0.15) is 0 Å². The number of anilines is 1. The van der Waals surface area contributed by atoms with Gasteiger partial charge in [-0.1, -0.05) is 6.08 Å². The summed E-state index contributed by atoms with van der Waals surface area (Å²) in [6, 6.07) is 2.96. The summed E-state index contributed by atoms with van der Waals surface area (Å²) in [4.78, 5) is 10.3. The fraction of sp³-hybridized carbons (Fsp3) is 0.125. The number of furan rings is 1. The van der Waals surface area contributed by atoms with Crippen LogP contribution in [0.1, 0.15) is 10.6 Å². The molecule has 0 bridgehead atoms. The Kier molecular flexibility index (Phi) is 2.53. The van der Waals surface area contributed by atoms with Crippen molar-refractivity contribution in [1.82, 2.24) is 0 Å². The average molecular weight is 167 g/mol. The highest BCUT2D eigenvalue weighted by molar-refractivity contribution is 5.84. The molecule has 1 aromatic rings.